The number of morpholine rings is 1. The standard InChI is InChI=1S/C20H25ClN4O4/c1-24-16(8-9-23-24)4-7-19(27)25-10-11-29-20(13-25,12-18(22)26)14-28-17-5-2-15(21)3-6-17/h2-3,5-6,8-9H,4,7,10-14H2,1H3,(H2,22,26). The zero-order chi connectivity index (χ0) is 20.9. The molecule has 1 aliphatic heterocycles. The van der Waals surface area contributed by atoms with E-state index in [1.54, 1.807) is 40.0 Å². The summed E-state index contributed by atoms with van der Waals surface area (Å²) in [5.41, 5.74) is 5.46. The van der Waals surface area contributed by atoms with Crippen molar-refractivity contribution in [3.8, 4) is 5.75 Å². The van der Waals surface area contributed by atoms with Crippen LogP contribution in [0.3, 0.4) is 0 Å². The first-order chi connectivity index (χ1) is 13.9. The van der Waals surface area contributed by atoms with Gasteiger partial charge in [-0.3, -0.25) is 14.3 Å². The van der Waals surface area contributed by atoms with Crippen molar-refractivity contribution in [2.24, 2.45) is 12.8 Å². The number of hydrogen-bond acceptors (Lipinski definition) is 5. The van der Waals surface area contributed by atoms with Crippen molar-refractivity contribution in [1.29, 1.82) is 0 Å². The highest BCUT2D eigenvalue weighted by molar-refractivity contribution is 6.30. The molecule has 1 aromatic heterocycles. The van der Waals surface area contributed by atoms with Crippen molar-refractivity contribution < 1.29 is 19.1 Å². The summed E-state index contributed by atoms with van der Waals surface area (Å²) < 4.78 is 13.5. The molecule has 0 bridgehead atoms. The molecule has 3 rings (SSSR count). The number of rotatable bonds is 8. The molecule has 9 heteroatoms. The van der Waals surface area contributed by atoms with E-state index in [9.17, 15) is 9.59 Å². The first kappa shape index (κ1) is 21.1. The molecule has 0 aliphatic carbocycles. The largest absolute Gasteiger partial charge is 0.490 e. The molecule has 0 saturated carbocycles. The minimum absolute atomic E-state index is 0.00478. The topological polar surface area (TPSA) is 99.7 Å². The Hall–Kier alpha value is -2.58. The second kappa shape index (κ2) is 9.28. The van der Waals surface area contributed by atoms with Crippen LogP contribution < -0.4 is 10.5 Å². The van der Waals surface area contributed by atoms with E-state index in [0.29, 0.717) is 36.8 Å². The quantitative estimate of drug-likeness (QED) is 0.698. The van der Waals surface area contributed by atoms with Gasteiger partial charge in [0.15, 0.2) is 0 Å². The Bertz CT molecular complexity index is 854. The van der Waals surface area contributed by atoms with Crippen molar-refractivity contribution >= 4 is 23.4 Å². The zero-order valence-corrected chi connectivity index (χ0v) is 17.1. The third kappa shape index (κ3) is 5.71. The Labute approximate surface area is 174 Å². The van der Waals surface area contributed by atoms with Crippen molar-refractivity contribution in [2.45, 2.75) is 24.9 Å². The Kier molecular flexibility index (Phi) is 6.76. The van der Waals surface area contributed by atoms with Gasteiger partial charge in [0.05, 0.1) is 19.6 Å². The highest BCUT2D eigenvalue weighted by atomic mass is 35.5. The number of aryl methyl sites for hydroxylation is 2. The van der Waals surface area contributed by atoms with Gasteiger partial charge in [0.25, 0.3) is 0 Å². The second-order valence-electron chi connectivity index (χ2n) is 7.18. The van der Waals surface area contributed by atoms with Gasteiger partial charge in [-0.1, -0.05) is 11.6 Å². The van der Waals surface area contributed by atoms with E-state index in [4.69, 9.17) is 26.8 Å². The molecule has 29 heavy (non-hydrogen) atoms. The SMILES string of the molecule is Cn1nccc1CCC(=O)N1CCOC(COc2ccc(Cl)cc2)(CC(N)=O)C1. The van der Waals surface area contributed by atoms with Crippen molar-refractivity contribution in [3.63, 3.8) is 0 Å². The van der Waals surface area contributed by atoms with Gasteiger partial charge in [-0.25, -0.2) is 0 Å². The van der Waals surface area contributed by atoms with Crippen molar-refractivity contribution in [1.82, 2.24) is 14.7 Å². The van der Waals surface area contributed by atoms with E-state index >= 15 is 0 Å². The number of hydrogen-bond donors (Lipinski definition) is 1. The van der Waals surface area contributed by atoms with Crippen LogP contribution in [0.25, 0.3) is 0 Å². The fraction of sp³-hybridized carbons (Fsp3) is 0.450. The number of carbonyl (C=O) groups excluding carboxylic acids is 2. The molecule has 1 fully saturated rings. The number of carbonyl (C=O) groups is 2. The lowest BCUT2D eigenvalue weighted by molar-refractivity contribution is -0.161. The number of aromatic nitrogens is 2. The zero-order valence-electron chi connectivity index (χ0n) is 16.3. The van der Waals surface area contributed by atoms with Gasteiger partial charge in [0.1, 0.15) is 18.0 Å². The van der Waals surface area contributed by atoms with Gasteiger partial charge in [-0.2, -0.15) is 5.10 Å². The van der Waals surface area contributed by atoms with E-state index in [1.807, 2.05) is 13.1 Å². The molecular formula is C20H25ClN4O4. The molecule has 1 aromatic carbocycles. The number of amides is 2. The molecule has 0 spiro atoms. The summed E-state index contributed by atoms with van der Waals surface area (Å²) in [4.78, 5) is 26.2. The average molecular weight is 421 g/mol. The summed E-state index contributed by atoms with van der Waals surface area (Å²) in [6.07, 6.45) is 2.62. The Balaban J connectivity index is 1.64. The monoisotopic (exact) mass is 420 g/mol. The fourth-order valence-corrected chi connectivity index (χ4v) is 3.53. The molecule has 2 N–H and O–H groups in total. The molecule has 2 aromatic rings. The predicted molar refractivity (Wildman–Crippen MR) is 108 cm³/mol. The minimum Gasteiger partial charge on any atom is -0.490 e. The third-order valence-electron chi connectivity index (χ3n) is 4.93. The molecule has 1 atom stereocenters. The summed E-state index contributed by atoms with van der Waals surface area (Å²) in [5.74, 6) is 0.0882. The lowest BCUT2D eigenvalue weighted by Gasteiger charge is -2.42. The molecule has 1 unspecified atom stereocenters. The first-order valence-electron chi connectivity index (χ1n) is 9.42. The van der Waals surface area contributed by atoms with E-state index in [2.05, 4.69) is 5.10 Å². The minimum atomic E-state index is -0.980. The molecular weight excluding hydrogens is 396 g/mol. The number of halogens is 1. The van der Waals surface area contributed by atoms with E-state index in [-0.39, 0.29) is 25.5 Å². The highest BCUT2D eigenvalue weighted by Crippen LogP contribution is 2.25. The van der Waals surface area contributed by atoms with Crippen LogP contribution in [0.4, 0.5) is 0 Å². The first-order valence-corrected chi connectivity index (χ1v) is 9.80. The number of benzene rings is 1. The fourth-order valence-electron chi connectivity index (χ4n) is 3.41. The third-order valence-corrected chi connectivity index (χ3v) is 5.18. The summed E-state index contributed by atoms with van der Waals surface area (Å²) in [6, 6.07) is 8.80. The molecule has 0 radical (unpaired) electrons. The summed E-state index contributed by atoms with van der Waals surface area (Å²) >= 11 is 5.90. The van der Waals surface area contributed by atoms with Crippen LogP contribution >= 0.6 is 11.6 Å². The number of nitrogens with two attached hydrogens (primary N) is 1. The average Bonchev–Trinajstić information content (AvgIpc) is 3.10. The summed E-state index contributed by atoms with van der Waals surface area (Å²) in [6.45, 7) is 1.12. The van der Waals surface area contributed by atoms with E-state index < -0.39 is 11.5 Å². The van der Waals surface area contributed by atoms with Gasteiger partial charge < -0.3 is 20.1 Å². The maximum absolute atomic E-state index is 12.8. The molecule has 1 aliphatic rings. The maximum atomic E-state index is 12.8. The molecule has 8 nitrogen and oxygen atoms in total. The van der Waals surface area contributed by atoms with E-state index in [0.717, 1.165) is 5.69 Å². The Morgan fingerprint density at radius 2 is 2.07 bits per heavy atom. The number of nitrogens with zero attached hydrogens (tertiary/aromatic N) is 3. The molecule has 2 heterocycles. The molecule has 2 amide bonds. The normalized spacial score (nSPS) is 19.2. The van der Waals surface area contributed by atoms with Crippen LogP contribution in [0.1, 0.15) is 18.5 Å². The lowest BCUT2D eigenvalue weighted by Crippen LogP contribution is -2.58. The van der Waals surface area contributed by atoms with Crippen LogP contribution in [0.15, 0.2) is 36.5 Å². The van der Waals surface area contributed by atoms with Crippen LogP contribution in [0.2, 0.25) is 5.02 Å². The van der Waals surface area contributed by atoms with Gasteiger partial charge in [0, 0.05) is 36.9 Å². The van der Waals surface area contributed by atoms with Gasteiger partial charge >= 0.3 is 0 Å². The number of ether oxygens (including phenoxy) is 2. The van der Waals surface area contributed by atoms with Crippen LogP contribution in [0.5, 0.6) is 5.75 Å². The highest BCUT2D eigenvalue weighted by Gasteiger charge is 2.40. The second-order valence-corrected chi connectivity index (χ2v) is 7.62. The van der Waals surface area contributed by atoms with Gasteiger partial charge in [0.2, 0.25) is 11.8 Å². The van der Waals surface area contributed by atoms with Crippen LogP contribution in [-0.2, 0) is 27.8 Å². The Morgan fingerprint density at radius 3 is 2.72 bits per heavy atom. The Morgan fingerprint density at radius 1 is 1.31 bits per heavy atom. The smallest absolute Gasteiger partial charge is 0.223 e. The van der Waals surface area contributed by atoms with Crippen LogP contribution in [-0.4, -0.2) is 58.4 Å². The van der Waals surface area contributed by atoms with Gasteiger partial charge in [-0.05, 0) is 36.8 Å². The summed E-state index contributed by atoms with van der Waals surface area (Å²) in [7, 11) is 1.85. The summed E-state index contributed by atoms with van der Waals surface area (Å²) in [5, 5.41) is 4.72. The predicted octanol–water partition coefficient (Wildman–Crippen LogP) is 1.56. The molecule has 156 valence electrons. The lowest BCUT2D eigenvalue weighted by atomic mass is 9.97. The van der Waals surface area contributed by atoms with E-state index in [1.165, 1.54) is 0 Å². The van der Waals surface area contributed by atoms with Crippen molar-refractivity contribution in [3.05, 3.63) is 47.2 Å². The molecule has 1 saturated heterocycles. The van der Waals surface area contributed by atoms with Gasteiger partial charge in [-0.15, -0.1) is 0 Å². The maximum Gasteiger partial charge on any atom is 0.223 e. The van der Waals surface area contributed by atoms with Crippen LogP contribution in [0, 0.1) is 0 Å². The number of primary amides is 1. The van der Waals surface area contributed by atoms with Crippen molar-refractivity contribution in [2.75, 3.05) is 26.3 Å².